The van der Waals surface area contributed by atoms with Crippen molar-refractivity contribution in [3.63, 3.8) is 0 Å². The zero-order valence-corrected chi connectivity index (χ0v) is 13.6. The topological polar surface area (TPSA) is 43.4 Å². The monoisotopic (exact) mass is 314 g/mol. The van der Waals surface area contributed by atoms with Crippen LogP contribution in [-0.2, 0) is 20.2 Å². The fraction of sp³-hybridized carbons (Fsp3) is 0.294. The van der Waals surface area contributed by atoms with Crippen molar-refractivity contribution in [2.75, 3.05) is 0 Å². The highest BCUT2D eigenvalue weighted by atomic mass is 32.2. The molecule has 0 fully saturated rings. The highest BCUT2D eigenvalue weighted by Crippen LogP contribution is 2.29. The summed E-state index contributed by atoms with van der Waals surface area (Å²) < 4.78 is 31.2. The van der Waals surface area contributed by atoms with Crippen molar-refractivity contribution in [2.45, 2.75) is 36.9 Å². The molecular weight excluding hydrogens is 295 g/mol. The summed E-state index contributed by atoms with van der Waals surface area (Å²) >= 11 is 0. The van der Waals surface area contributed by atoms with Gasteiger partial charge in [0.1, 0.15) is 0 Å². The van der Waals surface area contributed by atoms with Crippen molar-refractivity contribution in [1.82, 2.24) is 0 Å². The van der Waals surface area contributed by atoms with Crippen LogP contribution in [-0.4, -0.2) is 15.3 Å². The van der Waals surface area contributed by atoms with Gasteiger partial charge in [-0.15, -0.1) is 0 Å². The van der Waals surface area contributed by atoms with Crippen LogP contribution in [0.1, 0.15) is 30.6 Å². The van der Waals surface area contributed by atoms with Gasteiger partial charge < -0.3 is 4.65 Å². The van der Waals surface area contributed by atoms with Crippen LogP contribution < -0.4 is 5.46 Å². The lowest BCUT2D eigenvalue weighted by atomic mass is 9.62. The molecule has 3 rings (SSSR count). The van der Waals surface area contributed by atoms with Crippen LogP contribution >= 0.6 is 0 Å². The second-order valence-electron chi connectivity index (χ2n) is 5.67. The SMILES string of the molecule is CCC1OB(C)c2c(CS(=O)(=O)c3ccccc3)cccc21. The van der Waals surface area contributed by atoms with E-state index in [0.29, 0.717) is 4.90 Å². The van der Waals surface area contributed by atoms with Gasteiger partial charge in [-0.1, -0.05) is 50.1 Å². The number of fused-ring (bicyclic) bond motifs is 1. The van der Waals surface area contributed by atoms with Gasteiger partial charge in [0.15, 0.2) is 9.84 Å². The number of benzene rings is 2. The summed E-state index contributed by atoms with van der Waals surface area (Å²) in [7, 11) is -3.34. The Hall–Kier alpha value is -1.59. The van der Waals surface area contributed by atoms with E-state index in [9.17, 15) is 8.42 Å². The number of hydrogen-bond donors (Lipinski definition) is 0. The van der Waals surface area contributed by atoms with Gasteiger partial charge in [-0.3, -0.25) is 0 Å². The molecule has 1 unspecified atom stereocenters. The minimum atomic E-state index is -3.34. The zero-order chi connectivity index (χ0) is 15.7. The third-order valence-corrected chi connectivity index (χ3v) is 5.85. The molecule has 0 radical (unpaired) electrons. The van der Waals surface area contributed by atoms with Gasteiger partial charge in [0.25, 0.3) is 0 Å². The van der Waals surface area contributed by atoms with E-state index in [2.05, 4.69) is 6.92 Å². The van der Waals surface area contributed by atoms with Gasteiger partial charge in [0, 0.05) is 0 Å². The summed E-state index contributed by atoms with van der Waals surface area (Å²) in [6.45, 7) is 4.02. The largest absolute Gasteiger partial charge is 0.424 e. The molecule has 0 saturated carbocycles. The molecule has 0 aromatic heterocycles. The van der Waals surface area contributed by atoms with Crippen molar-refractivity contribution < 1.29 is 13.1 Å². The lowest BCUT2D eigenvalue weighted by Gasteiger charge is -2.11. The molecule has 1 atom stereocenters. The van der Waals surface area contributed by atoms with Crippen LogP contribution in [0.25, 0.3) is 0 Å². The van der Waals surface area contributed by atoms with Gasteiger partial charge in [-0.25, -0.2) is 8.42 Å². The molecule has 1 aliphatic rings. The Morgan fingerprint density at radius 3 is 2.50 bits per heavy atom. The maximum absolute atomic E-state index is 12.6. The smallest absolute Gasteiger partial charge is 0.324 e. The van der Waals surface area contributed by atoms with Crippen LogP contribution in [0.5, 0.6) is 0 Å². The molecular formula is C17H19BO3S. The minimum Gasteiger partial charge on any atom is -0.424 e. The summed E-state index contributed by atoms with van der Waals surface area (Å²) in [6.07, 6.45) is 0.969. The maximum Gasteiger partial charge on any atom is 0.324 e. The molecule has 0 aliphatic carbocycles. The molecule has 0 spiro atoms. The second-order valence-corrected chi connectivity index (χ2v) is 7.66. The molecule has 0 saturated heterocycles. The van der Waals surface area contributed by atoms with E-state index in [1.54, 1.807) is 24.3 Å². The van der Waals surface area contributed by atoms with Crippen molar-refractivity contribution in [1.29, 1.82) is 0 Å². The predicted octanol–water partition coefficient (Wildman–Crippen LogP) is 2.97. The van der Waals surface area contributed by atoms with E-state index >= 15 is 0 Å². The molecule has 1 heterocycles. The average Bonchev–Trinajstić information content (AvgIpc) is 2.85. The van der Waals surface area contributed by atoms with E-state index in [1.807, 2.05) is 31.1 Å². The molecule has 1 aliphatic heterocycles. The summed E-state index contributed by atoms with van der Waals surface area (Å²) in [5, 5.41) is 0. The Balaban J connectivity index is 2.00. The van der Waals surface area contributed by atoms with Gasteiger partial charge in [-0.05, 0) is 35.1 Å². The Labute approximate surface area is 132 Å². The van der Waals surface area contributed by atoms with Crippen molar-refractivity contribution in [2.24, 2.45) is 0 Å². The Morgan fingerprint density at radius 2 is 1.82 bits per heavy atom. The Morgan fingerprint density at radius 1 is 1.09 bits per heavy atom. The van der Waals surface area contributed by atoms with Gasteiger partial charge in [0.2, 0.25) is 0 Å². The molecule has 5 heteroatoms. The lowest BCUT2D eigenvalue weighted by molar-refractivity contribution is 0.221. The molecule has 2 aromatic carbocycles. The third kappa shape index (κ3) is 2.71. The Kier molecular flexibility index (Phi) is 4.11. The molecule has 0 amide bonds. The maximum atomic E-state index is 12.6. The fourth-order valence-electron chi connectivity index (χ4n) is 3.16. The lowest BCUT2D eigenvalue weighted by Crippen LogP contribution is -2.29. The molecule has 0 N–H and O–H groups in total. The summed E-state index contributed by atoms with van der Waals surface area (Å²) in [5.74, 6) is 0.0182. The first-order valence-corrected chi connectivity index (χ1v) is 9.23. The summed E-state index contributed by atoms with van der Waals surface area (Å²) in [6, 6.07) is 14.5. The fourth-order valence-corrected chi connectivity index (χ4v) is 4.55. The summed E-state index contributed by atoms with van der Waals surface area (Å²) in [4.78, 5) is 0.367. The number of rotatable bonds is 4. The van der Waals surface area contributed by atoms with E-state index in [1.165, 1.54) is 0 Å². The first-order chi connectivity index (χ1) is 10.5. The number of sulfone groups is 1. The molecule has 114 valence electrons. The highest BCUT2D eigenvalue weighted by molar-refractivity contribution is 7.90. The highest BCUT2D eigenvalue weighted by Gasteiger charge is 2.33. The molecule has 0 bridgehead atoms. The van der Waals surface area contributed by atoms with Gasteiger partial charge in [0.05, 0.1) is 16.8 Å². The number of hydrogen-bond acceptors (Lipinski definition) is 3. The van der Waals surface area contributed by atoms with Crippen LogP contribution in [0.3, 0.4) is 0 Å². The van der Waals surface area contributed by atoms with Gasteiger partial charge in [-0.2, -0.15) is 0 Å². The molecule has 3 nitrogen and oxygen atoms in total. The van der Waals surface area contributed by atoms with E-state index < -0.39 is 9.84 Å². The zero-order valence-electron chi connectivity index (χ0n) is 12.8. The van der Waals surface area contributed by atoms with Gasteiger partial charge >= 0.3 is 6.92 Å². The van der Waals surface area contributed by atoms with E-state index in [0.717, 1.165) is 23.0 Å². The Bertz CT molecular complexity index is 772. The van der Waals surface area contributed by atoms with Crippen LogP contribution in [0, 0.1) is 0 Å². The van der Waals surface area contributed by atoms with Crippen molar-refractivity contribution in [3.05, 3.63) is 59.7 Å². The molecule has 2 aromatic rings. The first kappa shape index (κ1) is 15.3. The minimum absolute atomic E-state index is 0.0182. The van der Waals surface area contributed by atoms with Crippen LogP contribution in [0.4, 0.5) is 0 Å². The first-order valence-electron chi connectivity index (χ1n) is 7.58. The quantitative estimate of drug-likeness (QED) is 0.815. The molecule has 22 heavy (non-hydrogen) atoms. The van der Waals surface area contributed by atoms with E-state index in [-0.39, 0.29) is 18.8 Å². The average molecular weight is 314 g/mol. The predicted molar refractivity (Wildman–Crippen MR) is 89.1 cm³/mol. The standard InChI is InChI=1S/C17H19BO3S/c1-3-16-15-11-7-8-13(17(15)18(2)21-16)12-22(19,20)14-9-5-4-6-10-14/h4-11,16H,3,12H2,1-2H3. The normalized spacial score (nSPS) is 17.5. The third-order valence-electron chi connectivity index (χ3n) is 4.17. The van der Waals surface area contributed by atoms with Crippen molar-refractivity contribution in [3.8, 4) is 0 Å². The van der Waals surface area contributed by atoms with Crippen molar-refractivity contribution >= 4 is 22.2 Å². The van der Waals surface area contributed by atoms with Crippen LogP contribution in [0.2, 0.25) is 6.82 Å². The summed E-state index contributed by atoms with van der Waals surface area (Å²) in [5.41, 5.74) is 3.04. The van der Waals surface area contributed by atoms with Crippen LogP contribution in [0.15, 0.2) is 53.4 Å². The second kappa shape index (κ2) is 5.90. The van der Waals surface area contributed by atoms with E-state index in [4.69, 9.17) is 4.65 Å².